The van der Waals surface area contributed by atoms with Gasteiger partial charge in [-0.3, -0.25) is 4.98 Å². The maximum atomic E-state index is 13.5. The molecule has 0 saturated carbocycles. The molecule has 0 fully saturated rings. The Bertz CT molecular complexity index is 708. The summed E-state index contributed by atoms with van der Waals surface area (Å²) in [6, 6.07) is 7.82. The zero-order valence-corrected chi connectivity index (χ0v) is 13.7. The van der Waals surface area contributed by atoms with Crippen LogP contribution in [0.25, 0.3) is 0 Å². The first-order valence-corrected chi connectivity index (χ1v) is 8.13. The number of hydrogen-bond acceptors (Lipinski definition) is 5. The molecule has 1 aromatic heterocycles. The van der Waals surface area contributed by atoms with Crippen molar-refractivity contribution in [2.24, 2.45) is 5.73 Å². The fraction of sp³-hybridized carbons (Fsp3) is 0.250. The number of pyridine rings is 1. The van der Waals surface area contributed by atoms with Crippen molar-refractivity contribution < 1.29 is 9.50 Å². The summed E-state index contributed by atoms with van der Waals surface area (Å²) in [5, 5.41) is 18.2. The SMILES string of the molecule is N#Cc1cc(F)c(Cl)cc1S[C@H](C[C@H](N)CO)c1cccnc1. The van der Waals surface area contributed by atoms with E-state index in [4.69, 9.17) is 17.3 Å². The minimum atomic E-state index is -0.627. The molecule has 0 spiro atoms. The minimum absolute atomic E-state index is 0.0390. The van der Waals surface area contributed by atoms with Gasteiger partial charge in [0.15, 0.2) is 0 Å². The highest BCUT2D eigenvalue weighted by molar-refractivity contribution is 7.99. The van der Waals surface area contributed by atoms with E-state index in [1.165, 1.54) is 17.8 Å². The Morgan fingerprint density at radius 2 is 2.26 bits per heavy atom. The molecule has 0 amide bonds. The number of nitrogens with two attached hydrogens (primary N) is 1. The van der Waals surface area contributed by atoms with Crippen LogP contribution >= 0.6 is 23.4 Å². The van der Waals surface area contributed by atoms with Crippen LogP contribution in [0.1, 0.15) is 22.8 Å². The summed E-state index contributed by atoms with van der Waals surface area (Å²) >= 11 is 7.19. The molecule has 1 aromatic carbocycles. The summed E-state index contributed by atoms with van der Waals surface area (Å²) in [4.78, 5) is 4.65. The highest BCUT2D eigenvalue weighted by Crippen LogP contribution is 2.40. The molecule has 0 aliphatic carbocycles. The lowest BCUT2D eigenvalue weighted by atomic mass is 10.1. The first-order chi connectivity index (χ1) is 11.0. The fourth-order valence-electron chi connectivity index (χ4n) is 2.03. The molecule has 0 bridgehead atoms. The fourth-order valence-corrected chi connectivity index (χ4v) is 3.61. The summed E-state index contributed by atoms with van der Waals surface area (Å²) in [7, 11) is 0. The van der Waals surface area contributed by atoms with Crippen molar-refractivity contribution in [3.8, 4) is 6.07 Å². The van der Waals surface area contributed by atoms with Gasteiger partial charge in [0.25, 0.3) is 0 Å². The quantitative estimate of drug-likeness (QED) is 0.780. The molecule has 3 N–H and O–H groups in total. The molecule has 1 heterocycles. The van der Waals surface area contributed by atoms with Gasteiger partial charge in [-0.15, -0.1) is 11.8 Å². The third-order valence-electron chi connectivity index (χ3n) is 3.22. The molecule has 2 aromatic rings. The van der Waals surface area contributed by atoms with Gasteiger partial charge in [0, 0.05) is 28.6 Å². The van der Waals surface area contributed by atoms with E-state index in [-0.39, 0.29) is 22.4 Å². The molecule has 4 nitrogen and oxygen atoms in total. The van der Waals surface area contributed by atoms with Crippen LogP contribution in [-0.2, 0) is 0 Å². The van der Waals surface area contributed by atoms with Crippen LogP contribution in [0.5, 0.6) is 0 Å². The third-order valence-corrected chi connectivity index (χ3v) is 4.85. The van der Waals surface area contributed by atoms with Crippen molar-refractivity contribution in [3.63, 3.8) is 0 Å². The maximum Gasteiger partial charge on any atom is 0.143 e. The first kappa shape index (κ1) is 17.7. The molecular formula is C16H15ClFN3OS. The Labute approximate surface area is 143 Å². The zero-order chi connectivity index (χ0) is 16.8. The van der Waals surface area contributed by atoms with E-state index in [1.54, 1.807) is 18.5 Å². The van der Waals surface area contributed by atoms with Crippen LogP contribution in [0, 0.1) is 17.1 Å². The average molecular weight is 352 g/mol. The van der Waals surface area contributed by atoms with E-state index in [9.17, 15) is 14.8 Å². The predicted octanol–water partition coefficient (Wildman–Crippen LogP) is 3.29. The first-order valence-electron chi connectivity index (χ1n) is 6.87. The monoisotopic (exact) mass is 351 g/mol. The second-order valence-electron chi connectivity index (χ2n) is 4.95. The van der Waals surface area contributed by atoms with Crippen molar-refractivity contribution in [2.75, 3.05) is 6.61 Å². The number of rotatable bonds is 6. The van der Waals surface area contributed by atoms with Gasteiger partial charge in [-0.25, -0.2) is 4.39 Å². The number of nitrogens with zero attached hydrogens (tertiary/aromatic N) is 2. The van der Waals surface area contributed by atoms with Crippen molar-refractivity contribution in [2.45, 2.75) is 22.6 Å². The van der Waals surface area contributed by atoms with Gasteiger partial charge in [0.05, 0.1) is 17.2 Å². The smallest absolute Gasteiger partial charge is 0.143 e. The van der Waals surface area contributed by atoms with Gasteiger partial charge in [0.2, 0.25) is 0 Å². The van der Waals surface area contributed by atoms with E-state index >= 15 is 0 Å². The predicted molar refractivity (Wildman–Crippen MR) is 88.6 cm³/mol. The van der Waals surface area contributed by atoms with Crippen molar-refractivity contribution in [1.29, 1.82) is 5.26 Å². The van der Waals surface area contributed by atoms with Crippen LogP contribution in [0.4, 0.5) is 4.39 Å². The van der Waals surface area contributed by atoms with Gasteiger partial charge in [0.1, 0.15) is 11.9 Å². The summed E-state index contributed by atoms with van der Waals surface area (Å²) in [5.74, 6) is -0.627. The van der Waals surface area contributed by atoms with Gasteiger partial charge in [-0.2, -0.15) is 5.26 Å². The highest BCUT2D eigenvalue weighted by atomic mass is 35.5. The molecular weight excluding hydrogens is 337 g/mol. The number of aromatic nitrogens is 1. The normalized spacial score (nSPS) is 13.3. The van der Waals surface area contributed by atoms with Crippen LogP contribution in [0.3, 0.4) is 0 Å². The topological polar surface area (TPSA) is 82.9 Å². The standard InChI is InChI=1S/C16H15ClFN3OS/c17-13-6-16(11(7-19)4-14(13)18)23-15(5-12(20)9-22)10-2-1-3-21-8-10/h1-4,6,8,12,15,22H,5,9,20H2/t12-,15+/m0/s1. The molecule has 0 aliphatic heterocycles. The van der Waals surface area contributed by atoms with Gasteiger partial charge in [-0.1, -0.05) is 17.7 Å². The Hall–Kier alpha value is -1.65. The lowest BCUT2D eigenvalue weighted by Crippen LogP contribution is -2.26. The summed E-state index contributed by atoms with van der Waals surface area (Å²) in [6.07, 6.45) is 3.85. The molecule has 2 rings (SSSR count). The molecule has 0 saturated heterocycles. The molecule has 23 heavy (non-hydrogen) atoms. The summed E-state index contributed by atoms with van der Waals surface area (Å²) in [5.41, 5.74) is 6.97. The molecule has 2 atom stereocenters. The molecule has 120 valence electrons. The lowest BCUT2D eigenvalue weighted by molar-refractivity contribution is 0.259. The minimum Gasteiger partial charge on any atom is -0.395 e. The maximum absolute atomic E-state index is 13.5. The summed E-state index contributed by atoms with van der Waals surface area (Å²) in [6.45, 7) is -0.146. The number of nitriles is 1. The lowest BCUT2D eigenvalue weighted by Gasteiger charge is -2.20. The van der Waals surface area contributed by atoms with Gasteiger partial charge < -0.3 is 10.8 Å². The highest BCUT2D eigenvalue weighted by Gasteiger charge is 2.20. The second-order valence-corrected chi connectivity index (χ2v) is 6.60. The summed E-state index contributed by atoms with van der Waals surface area (Å²) < 4.78 is 13.5. The van der Waals surface area contributed by atoms with Crippen LogP contribution < -0.4 is 5.73 Å². The zero-order valence-electron chi connectivity index (χ0n) is 12.1. The van der Waals surface area contributed by atoms with E-state index in [0.29, 0.717) is 11.3 Å². The van der Waals surface area contributed by atoms with E-state index in [0.717, 1.165) is 11.6 Å². The molecule has 0 unspecified atom stereocenters. The van der Waals surface area contributed by atoms with Crippen LogP contribution in [-0.4, -0.2) is 22.7 Å². The van der Waals surface area contributed by atoms with Crippen molar-refractivity contribution in [1.82, 2.24) is 4.98 Å². The third kappa shape index (κ3) is 4.66. The Balaban J connectivity index is 2.35. The van der Waals surface area contributed by atoms with E-state index in [1.807, 2.05) is 12.1 Å². The average Bonchev–Trinajstić information content (AvgIpc) is 2.57. The number of benzene rings is 1. The molecule has 0 radical (unpaired) electrons. The van der Waals surface area contributed by atoms with E-state index < -0.39 is 11.9 Å². The van der Waals surface area contributed by atoms with Gasteiger partial charge in [-0.05, 0) is 30.2 Å². The number of aliphatic hydroxyl groups is 1. The number of aliphatic hydroxyl groups excluding tert-OH is 1. The molecule has 0 aliphatic rings. The number of halogens is 2. The van der Waals surface area contributed by atoms with Crippen LogP contribution in [0.15, 0.2) is 41.6 Å². The van der Waals surface area contributed by atoms with Crippen molar-refractivity contribution in [3.05, 3.63) is 58.6 Å². The number of thioether (sulfide) groups is 1. The van der Waals surface area contributed by atoms with Gasteiger partial charge >= 0.3 is 0 Å². The van der Waals surface area contributed by atoms with E-state index in [2.05, 4.69) is 4.98 Å². The van der Waals surface area contributed by atoms with Crippen LogP contribution in [0.2, 0.25) is 5.02 Å². The second kappa shape index (κ2) is 8.27. The Morgan fingerprint density at radius 1 is 1.48 bits per heavy atom. The van der Waals surface area contributed by atoms with Crippen molar-refractivity contribution >= 4 is 23.4 Å². The molecule has 7 heteroatoms. The Kier molecular flexibility index (Phi) is 6.37. The Morgan fingerprint density at radius 3 is 2.87 bits per heavy atom. The largest absolute Gasteiger partial charge is 0.395 e. The number of hydrogen-bond donors (Lipinski definition) is 2.